The Morgan fingerprint density at radius 1 is 1.17 bits per heavy atom. The lowest BCUT2D eigenvalue weighted by Gasteiger charge is -2.07. The second kappa shape index (κ2) is 4.91. The average Bonchev–Trinajstić information content (AvgIpc) is 2.06. The molecular formula is C10H14O2. The fourth-order valence-electron chi connectivity index (χ4n) is 1.14. The van der Waals surface area contributed by atoms with Gasteiger partial charge in [0.2, 0.25) is 0 Å². The summed E-state index contributed by atoms with van der Waals surface area (Å²) in [6, 6.07) is 9.78. The van der Waals surface area contributed by atoms with E-state index < -0.39 is 6.10 Å². The van der Waals surface area contributed by atoms with E-state index in [1.54, 1.807) is 0 Å². The Morgan fingerprint density at radius 3 is 2.42 bits per heavy atom. The maximum atomic E-state index is 9.34. The zero-order valence-corrected chi connectivity index (χ0v) is 6.98. The van der Waals surface area contributed by atoms with Gasteiger partial charge in [-0.3, -0.25) is 0 Å². The van der Waals surface area contributed by atoms with Crippen LogP contribution in [0.15, 0.2) is 30.3 Å². The molecule has 0 aromatic heterocycles. The average molecular weight is 166 g/mol. The normalized spacial score (nSPS) is 12.8. The standard InChI is InChI=1S/C10H14O2/c11-7-6-10(12)8-9-4-2-1-3-5-9/h1-5,10-12H,6-8H2. The van der Waals surface area contributed by atoms with Gasteiger partial charge in [-0.1, -0.05) is 30.3 Å². The van der Waals surface area contributed by atoms with Gasteiger partial charge in [0, 0.05) is 6.61 Å². The first-order valence-corrected chi connectivity index (χ1v) is 4.16. The van der Waals surface area contributed by atoms with Gasteiger partial charge in [0.1, 0.15) is 0 Å². The Balaban J connectivity index is 2.41. The van der Waals surface area contributed by atoms with Crippen molar-refractivity contribution in [2.75, 3.05) is 6.61 Å². The zero-order valence-electron chi connectivity index (χ0n) is 6.98. The molecular weight excluding hydrogens is 152 g/mol. The third kappa shape index (κ3) is 3.03. The molecule has 0 fully saturated rings. The Morgan fingerprint density at radius 2 is 1.83 bits per heavy atom. The molecule has 1 unspecified atom stereocenters. The summed E-state index contributed by atoms with van der Waals surface area (Å²) in [7, 11) is 0. The molecule has 0 amide bonds. The van der Waals surface area contributed by atoms with Gasteiger partial charge in [-0.2, -0.15) is 0 Å². The van der Waals surface area contributed by atoms with Crippen molar-refractivity contribution in [3.05, 3.63) is 35.9 Å². The van der Waals surface area contributed by atoms with Crippen molar-refractivity contribution in [1.82, 2.24) is 0 Å². The molecule has 0 saturated carbocycles. The van der Waals surface area contributed by atoms with Crippen LogP contribution in [0.25, 0.3) is 0 Å². The molecule has 0 spiro atoms. The molecule has 0 aliphatic carbocycles. The third-order valence-electron chi connectivity index (χ3n) is 1.78. The van der Waals surface area contributed by atoms with E-state index in [1.165, 1.54) is 0 Å². The number of benzene rings is 1. The van der Waals surface area contributed by atoms with Crippen molar-refractivity contribution in [3.63, 3.8) is 0 Å². The van der Waals surface area contributed by atoms with Gasteiger partial charge in [0.05, 0.1) is 6.10 Å². The highest BCUT2D eigenvalue weighted by molar-refractivity contribution is 5.15. The van der Waals surface area contributed by atoms with Crippen LogP contribution in [0.1, 0.15) is 12.0 Å². The van der Waals surface area contributed by atoms with Crippen LogP contribution >= 0.6 is 0 Å². The maximum absolute atomic E-state index is 9.34. The molecule has 0 bridgehead atoms. The minimum absolute atomic E-state index is 0.0496. The summed E-state index contributed by atoms with van der Waals surface area (Å²) >= 11 is 0. The SMILES string of the molecule is OCCC(O)Cc1ccccc1. The van der Waals surface area contributed by atoms with Crippen molar-refractivity contribution in [1.29, 1.82) is 0 Å². The first kappa shape index (κ1) is 9.23. The molecule has 2 heteroatoms. The fourth-order valence-corrected chi connectivity index (χ4v) is 1.14. The molecule has 1 atom stereocenters. The molecule has 0 saturated heterocycles. The summed E-state index contributed by atoms with van der Waals surface area (Å²) in [5.74, 6) is 0. The van der Waals surface area contributed by atoms with Gasteiger partial charge >= 0.3 is 0 Å². The minimum Gasteiger partial charge on any atom is -0.396 e. The summed E-state index contributed by atoms with van der Waals surface area (Å²) < 4.78 is 0. The van der Waals surface area contributed by atoms with Crippen molar-refractivity contribution in [2.45, 2.75) is 18.9 Å². The van der Waals surface area contributed by atoms with Gasteiger partial charge in [0.15, 0.2) is 0 Å². The number of rotatable bonds is 4. The summed E-state index contributed by atoms with van der Waals surface area (Å²) in [6.45, 7) is 0.0496. The van der Waals surface area contributed by atoms with Crippen LogP contribution in [-0.2, 0) is 6.42 Å². The molecule has 1 rings (SSSR count). The molecule has 1 aromatic rings. The Bertz CT molecular complexity index is 208. The van der Waals surface area contributed by atoms with E-state index in [9.17, 15) is 5.11 Å². The highest BCUT2D eigenvalue weighted by Gasteiger charge is 2.03. The predicted molar refractivity (Wildman–Crippen MR) is 47.9 cm³/mol. The maximum Gasteiger partial charge on any atom is 0.0602 e. The Hall–Kier alpha value is -0.860. The van der Waals surface area contributed by atoms with Crippen LogP contribution < -0.4 is 0 Å². The number of hydrogen-bond acceptors (Lipinski definition) is 2. The largest absolute Gasteiger partial charge is 0.396 e. The highest BCUT2D eigenvalue weighted by Crippen LogP contribution is 2.04. The topological polar surface area (TPSA) is 40.5 Å². The quantitative estimate of drug-likeness (QED) is 0.699. The van der Waals surface area contributed by atoms with Gasteiger partial charge in [-0.25, -0.2) is 0 Å². The molecule has 0 aliphatic heterocycles. The lowest BCUT2D eigenvalue weighted by atomic mass is 10.1. The van der Waals surface area contributed by atoms with Crippen molar-refractivity contribution >= 4 is 0 Å². The van der Waals surface area contributed by atoms with Gasteiger partial charge in [-0.15, -0.1) is 0 Å². The van der Waals surface area contributed by atoms with Crippen LogP contribution in [0.3, 0.4) is 0 Å². The van der Waals surface area contributed by atoms with Crippen LogP contribution in [0, 0.1) is 0 Å². The summed E-state index contributed by atoms with van der Waals surface area (Å²) in [4.78, 5) is 0. The van der Waals surface area contributed by atoms with E-state index >= 15 is 0 Å². The first-order chi connectivity index (χ1) is 5.83. The van der Waals surface area contributed by atoms with Gasteiger partial charge in [-0.05, 0) is 18.4 Å². The zero-order chi connectivity index (χ0) is 8.81. The van der Waals surface area contributed by atoms with Crippen molar-refractivity contribution < 1.29 is 10.2 Å². The summed E-state index contributed by atoms with van der Waals surface area (Å²) in [5.41, 5.74) is 1.11. The van der Waals surface area contributed by atoms with E-state index in [0.717, 1.165) is 5.56 Å². The van der Waals surface area contributed by atoms with Crippen LogP contribution in [0.2, 0.25) is 0 Å². The lowest BCUT2D eigenvalue weighted by Crippen LogP contribution is -2.11. The first-order valence-electron chi connectivity index (χ1n) is 4.16. The van der Waals surface area contributed by atoms with Crippen LogP contribution in [0.4, 0.5) is 0 Å². The minimum atomic E-state index is -0.419. The smallest absolute Gasteiger partial charge is 0.0602 e. The molecule has 0 heterocycles. The molecule has 0 aliphatic rings. The molecule has 2 N–H and O–H groups in total. The van der Waals surface area contributed by atoms with Crippen LogP contribution in [-0.4, -0.2) is 22.9 Å². The third-order valence-corrected chi connectivity index (χ3v) is 1.78. The monoisotopic (exact) mass is 166 g/mol. The molecule has 0 radical (unpaired) electrons. The Kier molecular flexibility index (Phi) is 3.77. The molecule has 66 valence electrons. The predicted octanol–water partition coefficient (Wildman–Crippen LogP) is 0.972. The highest BCUT2D eigenvalue weighted by atomic mass is 16.3. The Labute approximate surface area is 72.5 Å². The van der Waals surface area contributed by atoms with E-state index in [1.807, 2.05) is 30.3 Å². The summed E-state index contributed by atoms with van der Waals surface area (Å²) in [6.07, 6.45) is 0.661. The number of hydrogen-bond donors (Lipinski definition) is 2. The van der Waals surface area contributed by atoms with Gasteiger partial charge < -0.3 is 10.2 Å². The second-order valence-electron chi connectivity index (χ2n) is 2.86. The lowest BCUT2D eigenvalue weighted by molar-refractivity contribution is 0.133. The van der Waals surface area contributed by atoms with Gasteiger partial charge in [0.25, 0.3) is 0 Å². The molecule has 2 nitrogen and oxygen atoms in total. The van der Waals surface area contributed by atoms with E-state index in [2.05, 4.69) is 0 Å². The molecule has 1 aromatic carbocycles. The van der Waals surface area contributed by atoms with E-state index in [4.69, 9.17) is 5.11 Å². The van der Waals surface area contributed by atoms with Crippen LogP contribution in [0.5, 0.6) is 0 Å². The fraction of sp³-hybridized carbons (Fsp3) is 0.400. The summed E-state index contributed by atoms with van der Waals surface area (Å²) in [5, 5.41) is 17.9. The second-order valence-corrected chi connectivity index (χ2v) is 2.86. The number of aliphatic hydroxyl groups is 2. The van der Waals surface area contributed by atoms with E-state index in [-0.39, 0.29) is 6.61 Å². The van der Waals surface area contributed by atoms with Crippen molar-refractivity contribution in [3.8, 4) is 0 Å². The number of aliphatic hydroxyl groups excluding tert-OH is 2. The molecule has 12 heavy (non-hydrogen) atoms. The van der Waals surface area contributed by atoms with Crippen molar-refractivity contribution in [2.24, 2.45) is 0 Å². The van der Waals surface area contributed by atoms with E-state index in [0.29, 0.717) is 12.8 Å².